The van der Waals surface area contributed by atoms with E-state index < -0.39 is 0 Å². The fraction of sp³-hybridized carbons (Fsp3) is 0.200. The van der Waals surface area contributed by atoms with Gasteiger partial charge in [0.25, 0.3) is 5.91 Å². The molecule has 132 valence electrons. The largest absolute Gasteiger partial charge is 0.496 e. The van der Waals surface area contributed by atoms with E-state index in [0.29, 0.717) is 5.69 Å². The molecule has 1 aliphatic rings. The highest BCUT2D eigenvalue weighted by Crippen LogP contribution is 2.31. The van der Waals surface area contributed by atoms with E-state index in [-0.39, 0.29) is 11.9 Å². The molecule has 1 aliphatic heterocycles. The SMILES string of the molecule is COc1ccccc1-c1cccc(NC(=O)c2ccnn2C2CNC2)c1. The predicted octanol–water partition coefficient (Wildman–Crippen LogP) is 2.96. The van der Waals surface area contributed by atoms with Gasteiger partial charge in [0, 0.05) is 30.5 Å². The topological polar surface area (TPSA) is 68.2 Å². The molecule has 4 rings (SSSR count). The van der Waals surface area contributed by atoms with Crippen LogP contribution in [0.4, 0.5) is 5.69 Å². The Morgan fingerprint density at radius 3 is 2.81 bits per heavy atom. The van der Waals surface area contributed by atoms with Crippen molar-refractivity contribution in [3.05, 3.63) is 66.5 Å². The van der Waals surface area contributed by atoms with Gasteiger partial charge in [0.05, 0.1) is 13.2 Å². The maximum Gasteiger partial charge on any atom is 0.273 e. The van der Waals surface area contributed by atoms with Gasteiger partial charge in [0.2, 0.25) is 0 Å². The number of ether oxygens (including phenoxy) is 1. The van der Waals surface area contributed by atoms with E-state index in [0.717, 1.165) is 35.7 Å². The van der Waals surface area contributed by atoms with E-state index in [1.54, 1.807) is 24.1 Å². The number of hydrogen-bond donors (Lipinski definition) is 2. The monoisotopic (exact) mass is 348 g/mol. The second kappa shape index (κ2) is 7.01. The smallest absolute Gasteiger partial charge is 0.273 e. The molecule has 26 heavy (non-hydrogen) atoms. The second-order valence-corrected chi connectivity index (χ2v) is 6.21. The minimum Gasteiger partial charge on any atom is -0.496 e. The summed E-state index contributed by atoms with van der Waals surface area (Å²) in [5.41, 5.74) is 3.27. The van der Waals surface area contributed by atoms with Gasteiger partial charge in [-0.1, -0.05) is 30.3 Å². The Bertz CT molecular complexity index is 931. The fourth-order valence-corrected chi connectivity index (χ4v) is 3.07. The molecule has 3 aromatic rings. The zero-order chi connectivity index (χ0) is 17.9. The molecule has 1 aromatic heterocycles. The van der Waals surface area contributed by atoms with Crippen molar-refractivity contribution in [3.63, 3.8) is 0 Å². The summed E-state index contributed by atoms with van der Waals surface area (Å²) >= 11 is 0. The second-order valence-electron chi connectivity index (χ2n) is 6.21. The van der Waals surface area contributed by atoms with Crippen LogP contribution in [0.3, 0.4) is 0 Å². The van der Waals surface area contributed by atoms with E-state index in [1.165, 1.54) is 0 Å². The molecule has 2 N–H and O–H groups in total. The van der Waals surface area contributed by atoms with Crippen LogP contribution in [0.25, 0.3) is 11.1 Å². The molecule has 0 aliphatic carbocycles. The summed E-state index contributed by atoms with van der Waals surface area (Å²) in [6.45, 7) is 1.68. The number of benzene rings is 2. The summed E-state index contributed by atoms with van der Waals surface area (Å²) in [6.07, 6.45) is 1.67. The number of amides is 1. The number of nitrogens with zero attached hydrogens (tertiary/aromatic N) is 2. The molecule has 0 bridgehead atoms. The molecule has 6 nitrogen and oxygen atoms in total. The Morgan fingerprint density at radius 2 is 2.04 bits per heavy atom. The van der Waals surface area contributed by atoms with Gasteiger partial charge in [-0.2, -0.15) is 5.10 Å². The number of carbonyl (C=O) groups excluding carboxylic acids is 1. The quantitative estimate of drug-likeness (QED) is 0.744. The van der Waals surface area contributed by atoms with E-state index in [9.17, 15) is 4.79 Å². The third kappa shape index (κ3) is 3.07. The van der Waals surface area contributed by atoms with E-state index in [2.05, 4.69) is 15.7 Å². The summed E-state index contributed by atoms with van der Waals surface area (Å²) < 4.78 is 7.22. The van der Waals surface area contributed by atoms with Crippen LogP contribution >= 0.6 is 0 Å². The highest BCUT2D eigenvalue weighted by molar-refractivity contribution is 6.03. The third-order valence-electron chi connectivity index (χ3n) is 4.55. The van der Waals surface area contributed by atoms with Gasteiger partial charge in [0.15, 0.2) is 0 Å². The van der Waals surface area contributed by atoms with Crippen molar-refractivity contribution < 1.29 is 9.53 Å². The third-order valence-corrected chi connectivity index (χ3v) is 4.55. The molecule has 6 heteroatoms. The van der Waals surface area contributed by atoms with Gasteiger partial charge < -0.3 is 15.4 Å². The maximum atomic E-state index is 12.7. The Balaban J connectivity index is 1.58. The predicted molar refractivity (Wildman–Crippen MR) is 101 cm³/mol. The molecular weight excluding hydrogens is 328 g/mol. The van der Waals surface area contributed by atoms with E-state index in [1.807, 2.05) is 48.5 Å². The van der Waals surface area contributed by atoms with Crippen molar-refractivity contribution in [2.24, 2.45) is 0 Å². The average Bonchev–Trinajstić information content (AvgIpc) is 3.09. The normalized spacial score (nSPS) is 13.9. The summed E-state index contributed by atoms with van der Waals surface area (Å²) in [5, 5.41) is 10.5. The number of aromatic nitrogens is 2. The summed E-state index contributed by atoms with van der Waals surface area (Å²) in [7, 11) is 1.65. The lowest BCUT2D eigenvalue weighted by molar-refractivity contribution is 0.101. The molecule has 0 saturated carbocycles. The summed E-state index contributed by atoms with van der Waals surface area (Å²) in [5.74, 6) is 0.637. The van der Waals surface area contributed by atoms with Crippen molar-refractivity contribution >= 4 is 11.6 Å². The average molecular weight is 348 g/mol. The molecular formula is C20H20N4O2. The number of rotatable bonds is 5. The standard InChI is InChI=1S/C20H20N4O2/c1-26-19-8-3-2-7-17(19)14-5-4-6-15(11-14)23-20(25)18-9-10-22-24(18)16-12-21-13-16/h2-11,16,21H,12-13H2,1H3,(H,23,25). The van der Waals surface area contributed by atoms with E-state index in [4.69, 9.17) is 4.74 Å². The fourth-order valence-electron chi connectivity index (χ4n) is 3.07. The van der Waals surface area contributed by atoms with Gasteiger partial charge in [-0.25, -0.2) is 0 Å². The first-order valence-corrected chi connectivity index (χ1v) is 8.55. The molecule has 2 heterocycles. The van der Waals surface area contributed by atoms with Crippen LogP contribution in [-0.4, -0.2) is 35.9 Å². The lowest BCUT2D eigenvalue weighted by Gasteiger charge is -2.28. The number of methoxy groups -OCH3 is 1. The molecule has 1 amide bonds. The Hall–Kier alpha value is -3.12. The van der Waals surface area contributed by atoms with Gasteiger partial charge in [0.1, 0.15) is 11.4 Å². The molecule has 0 unspecified atom stereocenters. The van der Waals surface area contributed by atoms with Crippen LogP contribution in [0.5, 0.6) is 5.75 Å². The molecule has 2 aromatic carbocycles. The summed E-state index contributed by atoms with van der Waals surface area (Å²) in [4.78, 5) is 12.7. The number of nitrogens with one attached hydrogen (secondary N) is 2. The minimum atomic E-state index is -0.161. The lowest BCUT2D eigenvalue weighted by Crippen LogP contribution is -2.45. The lowest BCUT2D eigenvalue weighted by atomic mass is 10.0. The Labute approximate surface area is 151 Å². The number of hydrogen-bond acceptors (Lipinski definition) is 4. The molecule has 0 radical (unpaired) electrons. The molecule has 1 fully saturated rings. The highest BCUT2D eigenvalue weighted by Gasteiger charge is 2.24. The Kier molecular flexibility index (Phi) is 4.41. The van der Waals surface area contributed by atoms with Crippen LogP contribution in [0.2, 0.25) is 0 Å². The maximum absolute atomic E-state index is 12.7. The van der Waals surface area contributed by atoms with Crippen molar-refractivity contribution in [3.8, 4) is 16.9 Å². The van der Waals surface area contributed by atoms with Gasteiger partial charge in [-0.05, 0) is 29.8 Å². The van der Waals surface area contributed by atoms with Crippen LogP contribution in [0, 0.1) is 0 Å². The highest BCUT2D eigenvalue weighted by atomic mass is 16.5. The van der Waals surface area contributed by atoms with Crippen molar-refractivity contribution in [1.82, 2.24) is 15.1 Å². The molecule has 0 atom stereocenters. The number of para-hydroxylation sites is 1. The first kappa shape index (κ1) is 16.4. The van der Waals surface area contributed by atoms with Crippen molar-refractivity contribution in [2.75, 3.05) is 25.5 Å². The van der Waals surface area contributed by atoms with Crippen LogP contribution in [0.1, 0.15) is 16.5 Å². The summed E-state index contributed by atoms with van der Waals surface area (Å²) in [6, 6.07) is 17.6. The van der Waals surface area contributed by atoms with Gasteiger partial charge in [-0.15, -0.1) is 0 Å². The first-order valence-electron chi connectivity index (χ1n) is 8.55. The van der Waals surface area contributed by atoms with Crippen LogP contribution in [0.15, 0.2) is 60.8 Å². The van der Waals surface area contributed by atoms with Crippen LogP contribution in [-0.2, 0) is 0 Å². The van der Waals surface area contributed by atoms with Gasteiger partial charge in [-0.3, -0.25) is 9.48 Å². The zero-order valence-electron chi connectivity index (χ0n) is 14.5. The van der Waals surface area contributed by atoms with Gasteiger partial charge >= 0.3 is 0 Å². The Morgan fingerprint density at radius 1 is 1.19 bits per heavy atom. The number of anilines is 1. The first-order chi connectivity index (χ1) is 12.8. The molecule has 0 spiro atoms. The zero-order valence-corrected chi connectivity index (χ0v) is 14.5. The van der Waals surface area contributed by atoms with Crippen molar-refractivity contribution in [1.29, 1.82) is 0 Å². The van der Waals surface area contributed by atoms with Crippen LogP contribution < -0.4 is 15.4 Å². The minimum absolute atomic E-state index is 0.161. The number of carbonyl (C=O) groups is 1. The van der Waals surface area contributed by atoms with Crippen molar-refractivity contribution in [2.45, 2.75) is 6.04 Å². The molecule has 1 saturated heterocycles. The van der Waals surface area contributed by atoms with E-state index >= 15 is 0 Å².